The number of carbonyl (C=O) groups excluding carboxylic acids is 1. The number of methoxy groups -OCH3 is 2. The van der Waals surface area contributed by atoms with Crippen molar-refractivity contribution in [3.05, 3.63) is 82.0 Å². The molecule has 0 spiro atoms. The number of pyridine rings is 1. The Morgan fingerprint density at radius 1 is 1.06 bits per heavy atom. The van der Waals surface area contributed by atoms with Crippen LogP contribution in [0.2, 0.25) is 0 Å². The van der Waals surface area contributed by atoms with Gasteiger partial charge in [0.2, 0.25) is 11.3 Å². The van der Waals surface area contributed by atoms with Gasteiger partial charge in [0.05, 0.1) is 26.1 Å². The summed E-state index contributed by atoms with van der Waals surface area (Å²) in [6.07, 6.45) is 1.45. The fourth-order valence-corrected chi connectivity index (χ4v) is 2.95. The van der Waals surface area contributed by atoms with Gasteiger partial charge in [-0.3, -0.25) is 9.59 Å². The van der Waals surface area contributed by atoms with Gasteiger partial charge in [-0.1, -0.05) is 18.2 Å². The maximum absolute atomic E-state index is 13.8. The molecule has 31 heavy (non-hydrogen) atoms. The third-order valence-electron chi connectivity index (χ3n) is 4.65. The topological polar surface area (TPSA) is 78.8 Å². The summed E-state index contributed by atoms with van der Waals surface area (Å²) in [5, 5.41) is 2.78. The molecule has 162 valence electrons. The molecule has 0 bridgehead atoms. The Morgan fingerprint density at radius 3 is 2.55 bits per heavy atom. The van der Waals surface area contributed by atoms with Crippen molar-refractivity contribution >= 4 is 11.6 Å². The molecule has 0 unspecified atom stereocenters. The van der Waals surface area contributed by atoms with Crippen molar-refractivity contribution in [2.24, 2.45) is 0 Å². The predicted octanol–water partition coefficient (Wildman–Crippen LogP) is 3.53. The monoisotopic (exact) mass is 426 g/mol. The number of hydrogen-bond donors (Lipinski definition) is 1. The van der Waals surface area contributed by atoms with Crippen molar-refractivity contribution in [3.8, 4) is 17.2 Å². The number of amides is 1. The lowest BCUT2D eigenvalue weighted by Gasteiger charge is -2.15. The molecule has 0 atom stereocenters. The first-order valence-corrected chi connectivity index (χ1v) is 9.50. The van der Waals surface area contributed by atoms with E-state index in [1.165, 1.54) is 32.5 Å². The van der Waals surface area contributed by atoms with Crippen LogP contribution >= 0.6 is 0 Å². The molecule has 0 aliphatic carbocycles. The molecule has 1 N–H and O–H groups in total. The van der Waals surface area contributed by atoms with Gasteiger partial charge in [0.15, 0.2) is 5.75 Å². The van der Waals surface area contributed by atoms with Gasteiger partial charge in [-0.05, 0) is 25.1 Å². The van der Waals surface area contributed by atoms with Crippen molar-refractivity contribution in [3.63, 3.8) is 0 Å². The van der Waals surface area contributed by atoms with E-state index in [4.69, 9.17) is 14.2 Å². The average Bonchev–Trinajstić information content (AvgIpc) is 2.76. The summed E-state index contributed by atoms with van der Waals surface area (Å²) in [5.74, 6) is 0.350. The Kier molecular flexibility index (Phi) is 6.92. The first kappa shape index (κ1) is 21.9. The highest BCUT2D eigenvalue weighted by molar-refractivity contribution is 5.92. The summed E-state index contributed by atoms with van der Waals surface area (Å²) >= 11 is 0. The summed E-state index contributed by atoms with van der Waals surface area (Å²) < 4.78 is 31.3. The fraction of sp³-hybridized carbons (Fsp3) is 0.217. The minimum Gasteiger partial charge on any atom is -0.497 e. The Balaban J connectivity index is 1.74. The van der Waals surface area contributed by atoms with Crippen molar-refractivity contribution in [2.45, 2.75) is 20.1 Å². The number of nitrogens with one attached hydrogen (secondary N) is 1. The van der Waals surface area contributed by atoms with Crippen LogP contribution in [0.25, 0.3) is 0 Å². The third kappa shape index (κ3) is 5.42. The molecular formula is C23H23FN2O5. The van der Waals surface area contributed by atoms with E-state index < -0.39 is 5.82 Å². The first-order valence-electron chi connectivity index (χ1n) is 9.50. The maximum Gasteiger partial charge on any atom is 0.244 e. The van der Waals surface area contributed by atoms with E-state index in [9.17, 15) is 14.0 Å². The minimum atomic E-state index is -0.414. The molecule has 0 aliphatic heterocycles. The second-order valence-corrected chi connectivity index (χ2v) is 6.77. The highest BCUT2D eigenvalue weighted by atomic mass is 19.1. The van der Waals surface area contributed by atoms with E-state index in [-0.39, 0.29) is 30.2 Å². The van der Waals surface area contributed by atoms with Crippen LogP contribution in [0.3, 0.4) is 0 Å². The Bertz CT molecular complexity index is 1140. The first-order chi connectivity index (χ1) is 14.9. The van der Waals surface area contributed by atoms with Crippen LogP contribution in [-0.2, 0) is 17.9 Å². The second kappa shape index (κ2) is 9.80. The standard InChI is InChI=1S/C23H23FN2O5/c1-15-10-20(27)22(31-14-16-6-4-5-7-18(16)24)12-26(15)13-23(28)25-19-9-8-17(29-2)11-21(19)30-3/h4-12H,13-14H2,1-3H3,(H,25,28). The molecule has 8 heteroatoms. The van der Waals surface area contributed by atoms with Crippen LogP contribution in [0.15, 0.2) is 59.5 Å². The van der Waals surface area contributed by atoms with Crippen molar-refractivity contribution < 1.29 is 23.4 Å². The number of ether oxygens (including phenoxy) is 3. The van der Waals surface area contributed by atoms with Gasteiger partial charge >= 0.3 is 0 Å². The van der Waals surface area contributed by atoms with E-state index >= 15 is 0 Å². The van der Waals surface area contributed by atoms with Crippen LogP contribution in [-0.4, -0.2) is 24.7 Å². The number of hydrogen-bond acceptors (Lipinski definition) is 5. The minimum absolute atomic E-state index is 0.0312. The van der Waals surface area contributed by atoms with Gasteiger partial charge < -0.3 is 24.1 Å². The molecule has 2 aromatic carbocycles. The summed E-state index contributed by atoms with van der Waals surface area (Å²) in [6, 6.07) is 12.6. The SMILES string of the molecule is COc1ccc(NC(=O)Cn2cc(OCc3ccccc3F)c(=O)cc2C)c(OC)c1. The zero-order chi connectivity index (χ0) is 22.4. The zero-order valence-electron chi connectivity index (χ0n) is 17.5. The summed E-state index contributed by atoms with van der Waals surface area (Å²) in [4.78, 5) is 24.8. The Morgan fingerprint density at radius 2 is 1.84 bits per heavy atom. The third-order valence-corrected chi connectivity index (χ3v) is 4.65. The number of anilines is 1. The van der Waals surface area contributed by atoms with E-state index in [1.54, 1.807) is 47.9 Å². The van der Waals surface area contributed by atoms with Crippen molar-refractivity contribution in [1.29, 1.82) is 0 Å². The second-order valence-electron chi connectivity index (χ2n) is 6.77. The molecule has 1 heterocycles. The summed E-state index contributed by atoms with van der Waals surface area (Å²) in [5.41, 5.74) is 1.06. The lowest BCUT2D eigenvalue weighted by atomic mass is 10.2. The molecule has 3 rings (SSSR count). The van der Waals surface area contributed by atoms with Crippen LogP contribution in [0.4, 0.5) is 10.1 Å². The average molecular weight is 426 g/mol. The van der Waals surface area contributed by atoms with Crippen molar-refractivity contribution in [1.82, 2.24) is 4.57 Å². The van der Waals surface area contributed by atoms with Crippen molar-refractivity contribution in [2.75, 3.05) is 19.5 Å². The highest BCUT2D eigenvalue weighted by Gasteiger charge is 2.12. The molecule has 0 saturated carbocycles. The number of aromatic nitrogens is 1. The number of carbonyl (C=O) groups is 1. The molecule has 7 nitrogen and oxygen atoms in total. The molecule has 0 saturated heterocycles. The lowest BCUT2D eigenvalue weighted by molar-refractivity contribution is -0.116. The molecule has 0 radical (unpaired) electrons. The Labute approximate surface area is 179 Å². The largest absolute Gasteiger partial charge is 0.497 e. The summed E-state index contributed by atoms with van der Waals surface area (Å²) in [7, 11) is 3.04. The van der Waals surface area contributed by atoms with E-state index in [1.807, 2.05) is 0 Å². The molecule has 1 aromatic heterocycles. The molecule has 1 amide bonds. The summed E-state index contributed by atoms with van der Waals surface area (Å²) in [6.45, 7) is 1.56. The fourth-order valence-electron chi connectivity index (χ4n) is 2.95. The molecular weight excluding hydrogens is 403 g/mol. The number of benzene rings is 2. The van der Waals surface area contributed by atoms with Gasteiger partial charge in [0.25, 0.3) is 0 Å². The van der Waals surface area contributed by atoms with Crippen LogP contribution in [0.5, 0.6) is 17.2 Å². The molecule has 3 aromatic rings. The van der Waals surface area contributed by atoms with Crippen LogP contribution in [0, 0.1) is 12.7 Å². The number of nitrogens with zero attached hydrogens (tertiary/aromatic N) is 1. The predicted molar refractivity (Wildman–Crippen MR) is 114 cm³/mol. The number of halogens is 1. The normalized spacial score (nSPS) is 10.5. The highest BCUT2D eigenvalue weighted by Crippen LogP contribution is 2.29. The van der Waals surface area contributed by atoms with E-state index in [2.05, 4.69) is 5.32 Å². The van der Waals surface area contributed by atoms with Gasteiger partial charge in [-0.25, -0.2) is 4.39 Å². The lowest BCUT2D eigenvalue weighted by Crippen LogP contribution is -2.22. The van der Waals surface area contributed by atoms with Gasteiger partial charge in [-0.2, -0.15) is 0 Å². The van der Waals surface area contributed by atoms with Gasteiger partial charge in [0.1, 0.15) is 30.5 Å². The number of aryl methyl sites for hydroxylation is 1. The van der Waals surface area contributed by atoms with Gasteiger partial charge in [-0.15, -0.1) is 0 Å². The van der Waals surface area contributed by atoms with Gasteiger partial charge in [0, 0.05) is 23.4 Å². The molecule has 0 fully saturated rings. The number of rotatable bonds is 8. The van der Waals surface area contributed by atoms with E-state index in [0.717, 1.165) is 0 Å². The van der Waals surface area contributed by atoms with Crippen LogP contribution in [0.1, 0.15) is 11.3 Å². The quantitative estimate of drug-likeness (QED) is 0.596. The smallest absolute Gasteiger partial charge is 0.244 e. The maximum atomic E-state index is 13.8. The van der Waals surface area contributed by atoms with Crippen LogP contribution < -0.4 is 25.0 Å². The Hall–Kier alpha value is -3.81. The van der Waals surface area contributed by atoms with E-state index in [0.29, 0.717) is 28.4 Å². The zero-order valence-corrected chi connectivity index (χ0v) is 17.5. The molecule has 0 aliphatic rings.